The second-order valence-electron chi connectivity index (χ2n) is 8.07. The van der Waals surface area contributed by atoms with Gasteiger partial charge in [0.2, 0.25) is 11.8 Å². The number of piperidine rings is 1. The van der Waals surface area contributed by atoms with Crippen molar-refractivity contribution >= 4 is 17.7 Å². The standard InChI is InChI=1S/C20H26N4O4/c25-6-5-20(11-22-12-20)10-21-8-13-1-2-14-9-24(19(28)15(14)7-13)16-3-4-17(26)23-18(16)27/h1-2,7,16,21-22,25H,3-6,8-12H2,(H,23,26,27). The van der Waals surface area contributed by atoms with Crippen molar-refractivity contribution in [1.82, 2.24) is 20.9 Å². The van der Waals surface area contributed by atoms with Crippen molar-refractivity contribution in [2.24, 2.45) is 5.41 Å². The summed E-state index contributed by atoms with van der Waals surface area (Å²) in [4.78, 5) is 37.9. The monoisotopic (exact) mass is 386 g/mol. The van der Waals surface area contributed by atoms with Gasteiger partial charge in [-0.3, -0.25) is 19.7 Å². The molecule has 150 valence electrons. The number of hydrogen-bond donors (Lipinski definition) is 4. The largest absolute Gasteiger partial charge is 0.396 e. The highest BCUT2D eigenvalue weighted by Gasteiger charge is 2.39. The van der Waals surface area contributed by atoms with Crippen LogP contribution in [0, 0.1) is 5.41 Å². The van der Waals surface area contributed by atoms with Gasteiger partial charge in [0.25, 0.3) is 5.91 Å². The quantitative estimate of drug-likeness (QED) is 0.471. The molecule has 3 heterocycles. The number of fused-ring (bicyclic) bond motifs is 1. The molecule has 0 spiro atoms. The fourth-order valence-electron chi connectivity index (χ4n) is 4.29. The average Bonchev–Trinajstić information content (AvgIpc) is 2.96. The number of hydrogen-bond acceptors (Lipinski definition) is 6. The molecule has 4 rings (SSSR count). The van der Waals surface area contributed by atoms with Crippen LogP contribution in [-0.4, -0.2) is 60.0 Å². The Balaban J connectivity index is 1.39. The summed E-state index contributed by atoms with van der Waals surface area (Å²) in [5.74, 6) is -0.812. The van der Waals surface area contributed by atoms with Gasteiger partial charge in [-0.2, -0.15) is 0 Å². The van der Waals surface area contributed by atoms with Crippen molar-refractivity contribution in [1.29, 1.82) is 0 Å². The molecule has 1 atom stereocenters. The zero-order chi connectivity index (χ0) is 19.7. The van der Waals surface area contributed by atoms with Gasteiger partial charge in [-0.05, 0) is 30.0 Å². The number of rotatable bonds is 7. The van der Waals surface area contributed by atoms with Crippen LogP contribution >= 0.6 is 0 Å². The molecule has 1 aromatic carbocycles. The average molecular weight is 386 g/mol. The highest BCUT2D eigenvalue weighted by molar-refractivity contribution is 6.05. The summed E-state index contributed by atoms with van der Waals surface area (Å²) >= 11 is 0. The van der Waals surface area contributed by atoms with Crippen molar-refractivity contribution in [3.63, 3.8) is 0 Å². The number of aliphatic hydroxyl groups excluding tert-OH is 1. The number of carbonyl (C=O) groups excluding carboxylic acids is 3. The zero-order valence-corrected chi connectivity index (χ0v) is 15.8. The fourth-order valence-corrected chi connectivity index (χ4v) is 4.29. The van der Waals surface area contributed by atoms with Crippen LogP contribution in [0.5, 0.6) is 0 Å². The summed E-state index contributed by atoms with van der Waals surface area (Å²) in [5, 5.41) is 18.3. The predicted octanol–water partition coefficient (Wildman–Crippen LogP) is -0.491. The third-order valence-electron chi connectivity index (χ3n) is 6.06. The molecule has 0 aliphatic carbocycles. The Morgan fingerprint density at radius 2 is 2.07 bits per heavy atom. The van der Waals surface area contributed by atoms with E-state index in [1.54, 1.807) is 4.90 Å². The van der Waals surface area contributed by atoms with Crippen LogP contribution in [0.15, 0.2) is 18.2 Å². The molecule has 0 saturated carbocycles. The number of aliphatic hydroxyl groups is 1. The first-order valence-corrected chi connectivity index (χ1v) is 9.80. The van der Waals surface area contributed by atoms with Gasteiger partial charge in [0.15, 0.2) is 0 Å². The maximum atomic E-state index is 12.9. The Morgan fingerprint density at radius 3 is 2.75 bits per heavy atom. The van der Waals surface area contributed by atoms with Crippen LogP contribution in [0.3, 0.4) is 0 Å². The van der Waals surface area contributed by atoms with Gasteiger partial charge in [-0.15, -0.1) is 0 Å². The first kappa shape index (κ1) is 19.0. The molecule has 2 fully saturated rings. The molecule has 0 bridgehead atoms. The fraction of sp³-hybridized carbons (Fsp3) is 0.550. The number of benzene rings is 1. The van der Waals surface area contributed by atoms with Crippen LogP contribution in [0.1, 0.15) is 40.7 Å². The van der Waals surface area contributed by atoms with Crippen LogP contribution in [-0.2, 0) is 22.7 Å². The Kier molecular flexibility index (Phi) is 5.18. The lowest BCUT2D eigenvalue weighted by Gasteiger charge is -2.42. The molecule has 3 aliphatic rings. The van der Waals surface area contributed by atoms with E-state index in [0.717, 1.165) is 37.2 Å². The van der Waals surface area contributed by atoms with Crippen molar-refractivity contribution in [2.45, 2.75) is 38.4 Å². The maximum absolute atomic E-state index is 12.9. The smallest absolute Gasteiger partial charge is 0.255 e. The molecule has 1 unspecified atom stereocenters. The predicted molar refractivity (Wildman–Crippen MR) is 101 cm³/mol. The zero-order valence-electron chi connectivity index (χ0n) is 15.8. The molecule has 3 aliphatic heterocycles. The van der Waals surface area contributed by atoms with Gasteiger partial charge in [-0.1, -0.05) is 12.1 Å². The summed E-state index contributed by atoms with van der Waals surface area (Å²) in [6.45, 7) is 3.86. The Bertz CT molecular complexity index is 805. The van der Waals surface area contributed by atoms with Gasteiger partial charge >= 0.3 is 0 Å². The van der Waals surface area contributed by atoms with E-state index in [9.17, 15) is 19.5 Å². The Morgan fingerprint density at radius 1 is 1.25 bits per heavy atom. The molecule has 0 radical (unpaired) electrons. The molecule has 2 saturated heterocycles. The van der Waals surface area contributed by atoms with Gasteiger partial charge < -0.3 is 20.6 Å². The minimum atomic E-state index is -0.580. The van der Waals surface area contributed by atoms with Gasteiger partial charge in [0.1, 0.15) is 6.04 Å². The normalized spacial score (nSPS) is 23.4. The summed E-state index contributed by atoms with van der Waals surface area (Å²) in [6.07, 6.45) is 1.41. The van der Waals surface area contributed by atoms with E-state index in [2.05, 4.69) is 16.0 Å². The van der Waals surface area contributed by atoms with E-state index in [1.807, 2.05) is 18.2 Å². The van der Waals surface area contributed by atoms with Crippen LogP contribution in [0.25, 0.3) is 0 Å². The van der Waals surface area contributed by atoms with Crippen LogP contribution < -0.4 is 16.0 Å². The molecular weight excluding hydrogens is 360 g/mol. The number of imide groups is 1. The molecule has 4 N–H and O–H groups in total. The maximum Gasteiger partial charge on any atom is 0.255 e. The van der Waals surface area contributed by atoms with E-state index in [4.69, 9.17) is 0 Å². The molecule has 0 aromatic heterocycles. The highest BCUT2D eigenvalue weighted by atomic mass is 16.3. The van der Waals surface area contributed by atoms with E-state index in [1.165, 1.54) is 0 Å². The molecular formula is C20H26N4O4. The number of nitrogens with zero attached hydrogens (tertiary/aromatic N) is 1. The van der Waals surface area contributed by atoms with Crippen LogP contribution in [0.4, 0.5) is 0 Å². The lowest BCUT2D eigenvalue weighted by molar-refractivity contribution is -0.136. The van der Waals surface area contributed by atoms with Crippen molar-refractivity contribution < 1.29 is 19.5 Å². The van der Waals surface area contributed by atoms with Gasteiger partial charge in [0.05, 0.1) is 0 Å². The molecule has 3 amide bonds. The Hall–Kier alpha value is -2.29. The highest BCUT2D eigenvalue weighted by Crippen LogP contribution is 2.29. The lowest BCUT2D eigenvalue weighted by Crippen LogP contribution is -2.58. The summed E-state index contributed by atoms with van der Waals surface area (Å²) < 4.78 is 0. The van der Waals surface area contributed by atoms with E-state index in [0.29, 0.717) is 25.1 Å². The number of nitrogens with one attached hydrogen (secondary N) is 3. The van der Waals surface area contributed by atoms with E-state index < -0.39 is 6.04 Å². The summed E-state index contributed by atoms with van der Waals surface area (Å²) in [5.41, 5.74) is 2.69. The third kappa shape index (κ3) is 3.55. The van der Waals surface area contributed by atoms with Gasteiger partial charge in [0, 0.05) is 56.7 Å². The third-order valence-corrected chi connectivity index (χ3v) is 6.06. The van der Waals surface area contributed by atoms with Gasteiger partial charge in [-0.25, -0.2) is 0 Å². The molecule has 8 nitrogen and oxygen atoms in total. The summed E-state index contributed by atoms with van der Waals surface area (Å²) in [7, 11) is 0. The second kappa shape index (κ2) is 7.62. The number of carbonyl (C=O) groups is 3. The topological polar surface area (TPSA) is 111 Å². The second-order valence-corrected chi connectivity index (χ2v) is 8.07. The lowest BCUT2D eigenvalue weighted by atomic mass is 9.79. The number of amides is 3. The first-order chi connectivity index (χ1) is 13.5. The van der Waals surface area contributed by atoms with Crippen molar-refractivity contribution in [3.05, 3.63) is 34.9 Å². The van der Waals surface area contributed by atoms with E-state index in [-0.39, 0.29) is 36.2 Å². The van der Waals surface area contributed by atoms with Crippen molar-refractivity contribution in [2.75, 3.05) is 26.2 Å². The van der Waals surface area contributed by atoms with Crippen molar-refractivity contribution in [3.8, 4) is 0 Å². The minimum absolute atomic E-state index is 0.115. The molecule has 28 heavy (non-hydrogen) atoms. The first-order valence-electron chi connectivity index (χ1n) is 9.80. The summed E-state index contributed by atoms with van der Waals surface area (Å²) in [6, 6.07) is 5.27. The minimum Gasteiger partial charge on any atom is -0.396 e. The van der Waals surface area contributed by atoms with E-state index >= 15 is 0 Å². The molecule has 8 heteroatoms. The van der Waals surface area contributed by atoms with Crippen LogP contribution in [0.2, 0.25) is 0 Å². The SMILES string of the molecule is O=C1CCC(N2Cc3ccc(CNCC4(CCO)CNC4)cc3C2=O)C(=O)N1. The Labute approximate surface area is 163 Å². The molecule has 1 aromatic rings.